The molecule has 3 aliphatic rings. The number of epoxide rings is 1. The van der Waals surface area contributed by atoms with Crippen molar-refractivity contribution in [3.8, 4) is 5.75 Å². The van der Waals surface area contributed by atoms with Gasteiger partial charge in [-0.3, -0.25) is 0 Å². The van der Waals surface area contributed by atoms with E-state index in [1.807, 2.05) is 39.0 Å². The fourth-order valence-corrected chi connectivity index (χ4v) is 3.62. The Kier molecular flexibility index (Phi) is 3.14. The van der Waals surface area contributed by atoms with Crippen LogP contribution in [0, 0.1) is 0 Å². The highest BCUT2D eigenvalue weighted by Crippen LogP contribution is 2.56. The van der Waals surface area contributed by atoms with Crippen LogP contribution in [0.4, 0.5) is 4.79 Å². The van der Waals surface area contributed by atoms with Crippen molar-refractivity contribution >= 4 is 6.09 Å². The Labute approximate surface area is 136 Å². The second kappa shape index (κ2) is 4.87. The molecule has 5 nitrogen and oxygen atoms in total. The largest absolute Gasteiger partial charge is 0.484 e. The van der Waals surface area contributed by atoms with Crippen molar-refractivity contribution < 1.29 is 19.0 Å². The molecule has 2 atom stereocenters. The zero-order valence-electron chi connectivity index (χ0n) is 13.9. The summed E-state index contributed by atoms with van der Waals surface area (Å²) in [7, 11) is 0. The maximum absolute atomic E-state index is 12.2. The molecule has 124 valence electrons. The highest BCUT2D eigenvalue weighted by molar-refractivity contribution is 5.68. The molecular weight excluding hydrogens is 294 g/mol. The molecule has 5 heteroatoms. The molecule has 0 N–H and O–H groups in total. The minimum absolute atomic E-state index is 0.123. The second-order valence-corrected chi connectivity index (χ2v) is 7.65. The molecule has 2 unspecified atom stereocenters. The van der Waals surface area contributed by atoms with E-state index < -0.39 is 5.60 Å². The van der Waals surface area contributed by atoms with Crippen LogP contribution in [0.25, 0.3) is 0 Å². The molecule has 3 aliphatic heterocycles. The van der Waals surface area contributed by atoms with Gasteiger partial charge in [0.1, 0.15) is 29.2 Å². The third-order valence-electron chi connectivity index (χ3n) is 4.81. The van der Waals surface area contributed by atoms with Gasteiger partial charge in [-0.1, -0.05) is 18.2 Å². The van der Waals surface area contributed by atoms with Gasteiger partial charge in [0.25, 0.3) is 0 Å². The van der Waals surface area contributed by atoms with E-state index in [4.69, 9.17) is 14.2 Å². The summed E-state index contributed by atoms with van der Waals surface area (Å²) in [4.78, 5) is 14.0. The Morgan fingerprint density at radius 1 is 1.26 bits per heavy atom. The Balaban J connectivity index is 1.45. The van der Waals surface area contributed by atoms with Crippen LogP contribution >= 0.6 is 0 Å². The van der Waals surface area contributed by atoms with E-state index in [1.165, 1.54) is 0 Å². The van der Waals surface area contributed by atoms with Gasteiger partial charge in [0, 0.05) is 31.5 Å². The predicted octanol–water partition coefficient (Wildman–Crippen LogP) is 3.29. The minimum Gasteiger partial charge on any atom is -0.484 e. The maximum atomic E-state index is 12.2. The number of ether oxygens (including phenoxy) is 3. The fourth-order valence-electron chi connectivity index (χ4n) is 3.62. The molecule has 4 rings (SSSR count). The smallest absolute Gasteiger partial charge is 0.410 e. The van der Waals surface area contributed by atoms with Crippen LogP contribution < -0.4 is 4.74 Å². The number of amides is 1. The molecule has 1 aromatic rings. The van der Waals surface area contributed by atoms with Crippen molar-refractivity contribution in [3.05, 3.63) is 29.8 Å². The van der Waals surface area contributed by atoms with E-state index in [9.17, 15) is 4.79 Å². The number of nitrogens with zero attached hydrogens (tertiary/aromatic N) is 1. The molecule has 0 saturated carbocycles. The number of hydrogen-bond donors (Lipinski definition) is 0. The second-order valence-electron chi connectivity index (χ2n) is 7.65. The van der Waals surface area contributed by atoms with E-state index in [0.717, 1.165) is 24.2 Å². The number of carbonyl (C=O) groups excluding carboxylic acids is 1. The summed E-state index contributed by atoms with van der Waals surface area (Å²) in [5, 5.41) is 0. The molecule has 0 bridgehead atoms. The van der Waals surface area contributed by atoms with Crippen molar-refractivity contribution in [3.63, 3.8) is 0 Å². The standard InChI is InChI=1S/C18H23NO4/c1-17(2,3)23-16(20)19-10-8-18(9-11-19)15-14(21-15)12-6-4-5-7-13(12)22-18/h4-7,14-15H,8-11H2,1-3H3. The van der Waals surface area contributed by atoms with Gasteiger partial charge in [-0.15, -0.1) is 0 Å². The Morgan fingerprint density at radius 2 is 1.96 bits per heavy atom. The number of carbonyl (C=O) groups is 1. The van der Waals surface area contributed by atoms with Gasteiger partial charge in [-0.25, -0.2) is 4.79 Å². The van der Waals surface area contributed by atoms with E-state index in [1.54, 1.807) is 4.90 Å². The molecule has 2 saturated heterocycles. The molecule has 1 spiro atoms. The number of fused-ring (bicyclic) bond motifs is 4. The summed E-state index contributed by atoms with van der Waals surface area (Å²) in [6, 6.07) is 8.09. The highest BCUT2D eigenvalue weighted by atomic mass is 16.6. The third-order valence-corrected chi connectivity index (χ3v) is 4.81. The zero-order valence-corrected chi connectivity index (χ0v) is 13.9. The summed E-state index contributed by atoms with van der Waals surface area (Å²) in [5.74, 6) is 0.928. The molecule has 1 aromatic carbocycles. The lowest BCUT2D eigenvalue weighted by atomic mass is 9.83. The third kappa shape index (κ3) is 2.57. The summed E-state index contributed by atoms with van der Waals surface area (Å²) >= 11 is 0. The van der Waals surface area contributed by atoms with Gasteiger partial charge < -0.3 is 19.1 Å². The van der Waals surface area contributed by atoms with E-state index >= 15 is 0 Å². The van der Waals surface area contributed by atoms with Gasteiger partial charge in [0.15, 0.2) is 0 Å². The molecule has 1 amide bonds. The van der Waals surface area contributed by atoms with Gasteiger partial charge in [-0.05, 0) is 26.8 Å². The minimum atomic E-state index is -0.461. The van der Waals surface area contributed by atoms with Crippen molar-refractivity contribution in [1.82, 2.24) is 4.90 Å². The predicted molar refractivity (Wildman–Crippen MR) is 84.5 cm³/mol. The lowest BCUT2D eigenvalue weighted by Crippen LogP contribution is -2.54. The van der Waals surface area contributed by atoms with Crippen molar-refractivity contribution in [1.29, 1.82) is 0 Å². The van der Waals surface area contributed by atoms with E-state index in [2.05, 4.69) is 6.07 Å². The van der Waals surface area contributed by atoms with Crippen molar-refractivity contribution in [2.45, 2.75) is 57.0 Å². The van der Waals surface area contributed by atoms with E-state index in [-0.39, 0.29) is 23.9 Å². The first-order valence-corrected chi connectivity index (χ1v) is 8.29. The van der Waals surface area contributed by atoms with Crippen LogP contribution in [-0.4, -0.2) is 41.4 Å². The molecular formula is C18H23NO4. The molecule has 2 fully saturated rings. The van der Waals surface area contributed by atoms with Crippen molar-refractivity contribution in [2.24, 2.45) is 0 Å². The number of hydrogen-bond acceptors (Lipinski definition) is 4. The van der Waals surface area contributed by atoms with Gasteiger partial charge in [-0.2, -0.15) is 0 Å². The normalized spacial score (nSPS) is 27.7. The molecule has 23 heavy (non-hydrogen) atoms. The van der Waals surface area contributed by atoms with Gasteiger partial charge in [0.2, 0.25) is 0 Å². The quantitative estimate of drug-likeness (QED) is 0.689. The van der Waals surface area contributed by atoms with Gasteiger partial charge in [0.05, 0.1) is 0 Å². The van der Waals surface area contributed by atoms with Gasteiger partial charge >= 0.3 is 6.09 Å². The monoisotopic (exact) mass is 317 g/mol. The lowest BCUT2D eigenvalue weighted by Gasteiger charge is -2.43. The average Bonchev–Trinajstić information content (AvgIpc) is 3.28. The molecule has 0 aromatic heterocycles. The zero-order chi connectivity index (χ0) is 16.2. The van der Waals surface area contributed by atoms with Crippen LogP contribution in [0.2, 0.25) is 0 Å². The topological polar surface area (TPSA) is 51.3 Å². The van der Waals surface area contributed by atoms with Crippen LogP contribution in [0.5, 0.6) is 5.75 Å². The number of rotatable bonds is 0. The van der Waals surface area contributed by atoms with Crippen molar-refractivity contribution in [2.75, 3.05) is 13.1 Å². The summed E-state index contributed by atoms with van der Waals surface area (Å²) in [6.07, 6.45) is 1.60. The first-order valence-electron chi connectivity index (χ1n) is 8.29. The summed E-state index contributed by atoms with van der Waals surface area (Å²) in [5.41, 5.74) is 0.395. The Hall–Kier alpha value is -1.75. The first-order chi connectivity index (χ1) is 10.9. The van der Waals surface area contributed by atoms with Crippen LogP contribution in [0.1, 0.15) is 45.3 Å². The number of piperidine rings is 1. The number of benzene rings is 1. The Bertz CT molecular complexity index is 628. The molecule has 0 aliphatic carbocycles. The number of para-hydroxylation sites is 1. The van der Waals surface area contributed by atoms with Crippen LogP contribution in [0.3, 0.4) is 0 Å². The fraction of sp³-hybridized carbons (Fsp3) is 0.611. The number of likely N-dealkylation sites (tertiary alicyclic amines) is 1. The summed E-state index contributed by atoms with van der Waals surface area (Å²) in [6.45, 7) is 6.95. The lowest BCUT2D eigenvalue weighted by molar-refractivity contribution is -0.0326. The summed E-state index contributed by atoms with van der Waals surface area (Å²) < 4.78 is 17.7. The molecule has 0 radical (unpaired) electrons. The molecule has 3 heterocycles. The first kappa shape index (κ1) is 14.8. The highest BCUT2D eigenvalue weighted by Gasteiger charge is 2.61. The van der Waals surface area contributed by atoms with Crippen LogP contribution in [-0.2, 0) is 9.47 Å². The van der Waals surface area contributed by atoms with Crippen LogP contribution in [0.15, 0.2) is 24.3 Å². The SMILES string of the molecule is CC(C)(C)OC(=O)N1CCC2(CC1)Oc1ccccc1C1OC12. The average molecular weight is 317 g/mol. The Morgan fingerprint density at radius 3 is 2.65 bits per heavy atom. The maximum Gasteiger partial charge on any atom is 0.410 e. The van der Waals surface area contributed by atoms with E-state index in [0.29, 0.717) is 13.1 Å².